The minimum absolute atomic E-state index is 0.0590. The molecule has 0 aliphatic heterocycles. The van der Waals surface area contributed by atoms with Crippen LogP contribution in [-0.4, -0.2) is 40.1 Å². The normalized spacial score (nSPS) is 15.2. The topological polar surface area (TPSA) is 46.3 Å². The highest BCUT2D eigenvalue weighted by Crippen LogP contribution is 2.28. The van der Waals surface area contributed by atoms with Gasteiger partial charge in [-0.1, -0.05) is 61.7 Å². The van der Waals surface area contributed by atoms with Gasteiger partial charge >= 0.3 is 0 Å². The smallest absolute Gasteiger partial charge is 0.259 e. The van der Waals surface area contributed by atoms with Gasteiger partial charge in [-0.05, 0) is 18.6 Å². The number of benzene rings is 1. The van der Waals surface area contributed by atoms with Crippen molar-refractivity contribution in [3.05, 3.63) is 42.2 Å². The van der Waals surface area contributed by atoms with E-state index in [0.29, 0.717) is 17.3 Å². The average Bonchev–Trinajstić information content (AvgIpc) is 3.16. The average molecular weight is 359 g/mol. The number of hydrogen-bond acceptors (Lipinski definition) is 4. The molecule has 5 heteroatoms. The molecule has 0 bridgehead atoms. The van der Waals surface area contributed by atoms with E-state index >= 15 is 0 Å². The zero-order valence-corrected chi connectivity index (χ0v) is 15.6. The molecule has 1 aliphatic rings. The summed E-state index contributed by atoms with van der Waals surface area (Å²) < 4.78 is 5.18. The van der Waals surface area contributed by atoms with E-state index in [1.54, 1.807) is 0 Å². The minimum atomic E-state index is 0.0590. The van der Waals surface area contributed by atoms with Crippen LogP contribution in [0.2, 0.25) is 0 Å². The lowest BCUT2D eigenvalue weighted by atomic mass is 9.93. The molecule has 0 unspecified atom stereocenters. The number of carbonyl (C=O) groups excluding carboxylic acids is 1. The standard InChI is InChI=1S/C20H26N2O2S/c1-2-25-14-13-22(17-11-7-4-8-12-17)20(23)18-15-24-21-19(18)16-9-5-3-6-10-16/h3,5-6,9-10,15,17H,2,4,7-8,11-14H2,1H3. The molecular formula is C20H26N2O2S. The van der Waals surface area contributed by atoms with Crippen LogP contribution < -0.4 is 0 Å². The molecule has 0 radical (unpaired) electrons. The van der Waals surface area contributed by atoms with Crippen molar-refractivity contribution in [2.45, 2.75) is 45.1 Å². The maximum absolute atomic E-state index is 13.3. The Hall–Kier alpha value is -1.75. The lowest BCUT2D eigenvalue weighted by molar-refractivity contribution is 0.0650. The summed E-state index contributed by atoms with van der Waals surface area (Å²) in [7, 11) is 0. The van der Waals surface area contributed by atoms with Crippen LogP contribution in [-0.2, 0) is 0 Å². The first-order valence-corrected chi connectivity index (χ1v) is 10.3. The molecule has 134 valence electrons. The molecule has 4 nitrogen and oxygen atoms in total. The summed E-state index contributed by atoms with van der Waals surface area (Å²) >= 11 is 1.88. The second-order valence-corrected chi connectivity index (χ2v) is 7.82. The minimum Gasteiger partial charge on any atom is -0.363 e. The first-order valence-electron chi connectivity index (χ1n) is 9.19. The summed E-state index contributed by atoms with van der Waals surface area (Å²) in [5, 5.41) is 4.10. The van der Waals surface area contributed by atoms with E-state index in [0.717, 1.165) is 36.5 Å². The third kappa shape index (κ3) is 4.46. The Balaban J connectivity index is 1.83. The van der Waals surface area contributed by atoms with Gasteiger partial charge in [0.2, 0.25) is 0 Å². The Morgan fingerprint density at radius 1 is 1.24 bits per heavy atom. The monoisotopic (exact) mass is 358 g/mol. The van der Waals surface area contributed by atoms with Crippen LogP contribution in [0.5, 0.6) is 0 Å². The molecule has 0 N–H and O–H groups in total. The fourth-order valence-electron chi connectivity index (χ4n) is 3.50. The first-order chi connectivity index (χ1) is 12.3. The molecule has 1 saturated carbocycles. The largest absolute Gasteiger partial charge is 0.363 e. The predicted octanol–water partition coefficient (Wildman–Crippen LogP) is 4.87. The summed E-state index contributed by atoms with van der Waals surface area (Å²) in [5.74, 6) is 2.11. The van der Waals surface area contributed by atoms with Crippen LogP contribution in [0.3, 0.4) is 0 Å². The Morgan fingerprint density at radius 3 is 2.72 bits per heavy atom. The van der Waals surface area contributed by atoms with E-state index in [4.69, 9.17) is 4.52 Å². The molecule has 1 aliphatic carbocycles. The highest BCUT2D eigenvalue weighted by molar-refractivity contribution is 7.99. The van der Waals surface area contributed by atoms with Gasteiger partial charge in [-0.15, -0.1) is 0 Å². The van der Waals surface area contributed by atoms with E-state index in [-0.39, 0.29) is 5.91 Å². The van der Waals surface area contributed by atoms with Crippen molar-refractivity contribution in [1.82, 2.24) is 10.1 Å². The first kappa shape index (κ1) is 18.1. The van der Waals surface area contributed by atoms with E-state index in [9.17, 15) is 4.79 Å². The molecule has 1 heterocycles. The lowest BCUT2D eigenvalue weighted by Gasteiger charge is -2.34. The highest BCUT2D eigenvalue weighted by Gasteiger charge is 2.29. The van der Waals surface area contributed by atoms with Crippen LogP contribution in [0.15, 0.2) is 41.1 Å². The van der Waals surface area contributed by atoms with Gasteiger partial charge in [0.1, 0.15) is 17.5 Å². The van der Waals surface area contributed by atoms with Crippen molar-refractivity contribution in [2.24, 2.45) is 0 Å². The Labute approximate surface area is 154 Å². The van der Waals surface area contributed by atoms with E-state index in [1.807, 2.05) is 42.1 Å². The number of rotatable bonds is 7. The number of thioether (sulfide) groups is 1. The molecule has 1 aromatic heterocycles. The van der Waals surface area contributed by atoms with Crippen LogP contribution in [0.4, 0.5) is 0 Å². The van der Waals surface area contributed by atoms with E-state index in [1.165, 1.54) is 25.5 Å². The van der Waals surface area contributed by atoms with Crippen molar-refractivity contribution in [2.75, 3.05) is 18.1 Å². The van der Waals surface area contributed by atoms with Gasteiger partial charge in [-0.3, -0.25) is 4.79 Å². The van der Waals surface area contributed by atoms with Crippen molar-refractivity contribution in [1.29, 1.82) is 0 Å². The molecule has 1 aromatic carbocycles. The van der Waals surface area contributed by atoms with Gasteiger partial charge in [0, 0.05) is 23.9 Å². The fraction of sp³-hybridized carbons (Fsp3) is 0.500. The second kappa shape index (κ2) is 9.09. The van der Waals surface area contributed by atoms with Crippen LogP contribution in [0, 0.1) is 0 Å². The lowest BCUT2D eigenvalue weighted by Crippen LogP contribution is -2.42. The molecule has 1 fully saturated rings. The van der Waals surface area contributed by atoms with Crippen molar-refractivity contribution in [3.8, 4) is 11.3 Å². The number of carbonyl (C=O) groups is 1. The molecule has 1 amide bonds. The summed E-state index contributed by atoms with van der Waals surface area (Å²) in [5.41, 5.74) is 2.15. The molecule has 2 aromatic rings. The number of hydrogen-bond donors (Lipinski definition) is 0. The molecule has 0 saturated heterocycles. The van der Waals surface area contributed by atoms with Gasteiger partial charge in [0.15, 0.2) is 0 Å². The summed E-state index contributed by atoms with van der Waals surface area (Å²) in [6, 6.07) is 10.1. The van der Waals surface area contributed by atoms with Crippen LogP contribution in [0.25, 0.3) is 11.3 Å². The molecular weight excluding hydrogens is 332 g/mol. The molecule has 3 rings (SSSR count). The van der Waals surface area contributed by atoms with Crippen LogP contribution >= 0.6 is 11.8 Å². The number of amides is 1. The summed E-state index contributed by atoms with van der Waals surface area (Å²) in [6.07, 6.45) is 7.43. The maximum Gasteiger partial charge on any atom is 0.259 e. The van der Waals surface area contributed by atoms with Gasteiger partial charge in [0.05, 0.1) is 0 Å². The van der Waals surface area contributed by atoms with Gasteiger partial charge in [-0.2, -0.15) is 11.8 Å². The van der Waals surface area contributed by atoms with Crippen molar-refractivity contribution in [3.63, 3.8) is 0 Å². The summed E-state index contributed by atoms with van der Waals surface area (Å²) in [6.45, 7) is 2.95. The third-order valence-corrected chi connectivity index (χ3v) is 5.68. The van der Waals surface area contributed by atoms with E-state index in [2.05, 4.69) is 17.0 Å². The van der Waals surface area contributed by atoms with Gasteiger partial charge < -0.3 is 9.42 Å². The maximum atomic E-state index is 13.3. The zero-order valence-electron chi connectivity index (χ0n) is 14.8. The van der Waals surface area contributed by atoms with Gasteiger partial charge in [-0.25, -0.2) is 0 Å². The second-order valence-electron chi connectivity index (χ2n) is 6.43. The van der Waals surface area contributed by atoms with E-state index < -0.39 is 0 Å². The summed E-state index contributed by atoms with van der Waals surface area (Å²) in [4.78, 5) is 15.4. The SMILES string of the molecule is CCSCCN(C(=O)c1conc1-c1ccccc1)C1CCCCC1. The molecule has 0 spiro atoms. The molecule has 0 atom stereocenters. The Kier molecular flexibility index (Phi) is 6.56. The van der Waals surface area contributed by atoms with Crippen molar-refractivity contribution >= 4 is 17.7 Å². The number of nitrogens with zero attached hydrogens (tertiary/aromatic N) is 2. The zero-order chi connectivity index (χ0) is 17.5. The van der Waals surface area contributed by atoms with Gasteiger partial charge in [0.25, 0.3) is 5.91 Å². The highest BCUT2D eigenvalue weighted by atomic mass is 32.2. The number of aromatic nitrogens is 1. The Morgan fingerprint density at radius 2 is 2.00 bits per heavy atom. The fourth-order valence-corrected chi connectivity index (χ4v) is 4.11. The predicted molar refractivity (Wildman–Crippen MR) is 103 cm³/mol. The quantitative estimate of drug-likeness (QED) is 0.663. The Bertz CT molecular complexity index is 665. The van der Waals surface area contributed by atoms with Crippen LogP contribution in [0.1, 0.15) is 49.4 Å². The van der Waals surface area contributed by atoms with Crippen molar-refractivity contribution < 1.29 is 9.32 Å². The third-order valence-electron chi connectivity index (χ3n) is 4.80. The molecule has 25 heavy (non-hydrogen) atoms.